The van der Waals surface area contributed by atoms with Crippen molar-refractivity contribution in [1.82, 2.24) is 20.2 Å². The Bertz CT molecular complexity index is 883. The van der Waals surface area contributed by atoms with E-state index in [1.54, 1.807) is 0 Å². The maximum atomic E-state index is 10.6. The Hall–Kier alpha value is -2.59. The second-order valence-corrected chi connectivity index (χ2v) is 8.62. The molecular formula is C24H37N7O2. The highest BCUT2D eigenvalue weighted by atomic mass is 16.5. The van der Waals surface area contributed by atoms with Crippen LogP contribution >= 0.6 is 0 Å². The van der Waals surface area contributed by atoms with E-state index in [1.807, 2.05) is 25.2 Å². The number of piperazine rings is 1. The van der Waals surface area contributed by atoms with Gasteiger partial charge in [0.15, 0.2) is 5.75 Å². The van der Waals surface area contributed by atoms with Crippen molar-refractivity contribution < 1.29 is 9.84 Å². The summed E-state index contributed by atoms with van der Waals surface area (Å²) in [5.74, 6) is 0.883. The molecule has 1 aromatic carbocycles. The van der Waals surface area contributed by atoms with Crippen molar-refractivity contribution in [3.05, 3.63) is 36.5 Å². The van der Waals surface area contributed by atoms with Crippen LogP contribution < -0.4 is 21.0 Å². The third-order valence-electron chi connectivity index (χ3n) is 6.37. The van der Waals surface area contributed by atoms with Gasteiger partial charge in [-0.05, 0) is 44.6 Å². The average Bonchev–Trinajstić information content (AvgIpc) is 2.85. The fourth-order valence-electron chi connectivity index (χ4n) is 4.49. The van der Waals surface area contributed by atoms with Gasteiger partial charge < -0.3 is 35.7 Å². The highest BCUT2D eigenvalue weighted by Crippen LogP contribution is 2.33. The number of hydrogen-bond acceptors (Lipinski definition) is 9. The van der Waals surface area contributed by atoms with E-state index in [2.05, 4.69) is 54.9 Å². The van der Waals surface area contributed by atoms with E-state index in [-0.39, 0.29) is 5.75 Å². The van der Waals surface area contributed by atoms with Gasteiger partial charge >= 0.3 is 0 Å². The molecule has 2 fully saturated rings. The number of anilines is 4. The lowest BCUT2D eigenvalue weighted by Gasteiger charge is -2.36. The summed E-state index contributed by atoms with van der Waals surface area (Å²) >= 11 is 0. The zero-order chi connectivity index (χ0) is 23.0. The molecule has 1 aromatic heterocycles. The molecule has 4 N–H and O–H groups in total. The Morgan fingerprint density at radius 1 is 1.12 bits per heavy atom. The van der Waals surface area contributed by atoms with Crippen LogP contribution in [0.5, 0.6) is 5.75 Å². The molecule has 0 aliphatic carbocycles. The van der Waals surface area contributed by atoms with Crippen LogP contribution in [0.2, 0.25) is 0 Å². The molecule has 0 bridgehead atoms. The molecule has 2 aliphatic rings. The van der Waals surface area contributed by atoms with E-state index >= 15 is 0 Å². The van der Waals surface area contributed by atoms with Crippen LogP contribution in [-0.4, -0.2) is 85.7 Å². The maximum absolute atomic E-state index is 10.6. The number of nitrogens with one attached hydrogen (secondary N) is 3. The highest BCUT2D eigenvalue weighted by Gasteiger charge is 2.24. The Morgan fingerprint density at radius 3 is 2.61 bits per heavy atom. The normalized spacial score (nSPS) is 18.2. The molecule has 0 radical (unpaired) electrons. The number of likely N-dealkylation sites (N-methyl/N-ethyl adjacent to an activating group) is 1. The minimum Gasteiger partial charge on any atom is -0.504 e. The molecule has 0 unspecified atom stereocenters. The van der Waals surface area contributed by atoms with E-state index in [1.165, 1.54) is 6.20 Å². The van der Waals surface area contributed by atoms with Crippen molar-refractivity contribution in [3.63, 3.8) is 0 Å². The van der Waals surface area contributed by atoms with Crippen LogP contribution in [0.3, 0.4) is 0 Å². The fourth-order valence-corrected chi connectivity index (χ4v) is 4.49. The minimum atomic E-state index is 0.184. The molecule has 0 amide bonds. The molecular weight excluding hydrogens is 418 g/mol. The number of aromatic nitrogens is 1. The zero-order valence-electron chi connectivity index (χ0n) is 19.8. The smallest absolute Gasteiger partial charge is 0.157 e. The summed E-state index contributed by atoms with van der Waals surface area (Å²) in [6.07, 6.45) is 3.40. The van der Waals surface area contributed by atoms with Crippen molar-refractivity contribution in [2.75, 3.05) is 75.3 Å². The van der Waals surface area contributed by atoms with Crippen LogP contribution in [0.25, 0.3) is 0 Å². The molecule has 0 atom stereocenters. The average molecular weight is 456 g/mol. The number of pyridine rings is 1. The first-order valence-corrected chi connectivity index (χ1v) is 12.0. The van der Waals surface area contributed by atoms with Crippen molar-refractivity contribution in [3.8, 4) is 5.75 Å². The van der Waals surface area contributed by atoms with Crippen molar-refractivity contribution in [1.29, 1.82) is 0 Å². The third-order valence-corrected chi connectivity index (χ3v) is 6.37. The van der Waals surface area contributed by atoms with E-state index in [0.717, 1.165) is 75.8 Å². The van der Waals surface area contributed by atoms with Crippen LogP contribution in [0.1, 0.15) is 19.8 Å². The summed E-state index contributed by atoms with van der Waals surface area (Å²) in [7, 11) is 1.92. The first-order valence-electron chi connectivity index (χ1n) is 12.0. The lowest BCUT2D eigenvalue weighted by Crippen LogP contribution is -2.48. The quantitative estimate of drug-likeness (QED) is 0.426. The number of rotatable bonds is 9. The van der Waals surface area contributed by atoms with E-state index < -0.39 is 0 Å². The molecule has 2 aliphatic heterocycles. The van der Waals surface area contributed by atoms with E-state index in [9.17, 15) is 5.11 Å². The Balaban J connectivity index is 1.45. The predicted molar refractivity (Wildman–Crippen MR) is 133 cm³/mol. The second-order valence-electron chi connectivity index (χ2n) is 8.62. The monoisotopic (exact) mass is 455 g/mol. The maximum Gasteiger partial charge on any atom is 0.157 e. The van der Waals surface area contributed by atoms with Gasteiger partial charge in [-0.25, -0.2) is 9.99 Å². The molecule has 9 heteroatoms. The molecule has 180 valence electrons. The molecule has 0 spiro atoms. The number of ether oxygens (including phenoxy) is 1. The van der Waals surface area contributed by atoms with Gasteiger partial charge in [0.1, 0.15) is 5.82 Å². The van der Waals surface area contributed by atoms with Crippen molar-refractivity contribution in [2.24, 2.45) is 0 Å². The second kappa shape index (κ2) is 11.5. The lowest BCUT2D eigenvalue weighted by molar-refractivity contribution is 0.0840. The van der Waals surface area contributed by atoms with Gasteiger partial charge in [-0.1, -0.05) is 13.0 Å². The first-order chi connectivity index (χ1) is 16.2. The standard InChI is InChI=1S/C24H37N7O2/c1-3-29-9-11-30(12-10-29)28-20-6-4-5-19(15-20)27-24-16-22(23(32)17-26-24)31(18-25-2)21-7-13-33-14-8-21/h4-6,15-17,21,25,28,32H,3,7-14,18H2,1-2H3,(H,26,27). The SMILES string of the molecule is CCN1CCN(Nc2cccc(Nc3cc(N(CNC)C4CCOCC4)c(O)cn3)c2)CC1. The van der Waals surface area contributed by atoms with Crippen LogP contribution in [-0.2, 0) is 4.74 Å². The van der Waals surface area contributed by atoms with Crippen LogP contribution in [0, 0.1) is 0 Å². The number of aromatic hydroxyl groups is 1. The summed E-state index contributed by atoms with van der Waals surface area (Å²) in [4.78, 5) is 9.08. The molecule has 4 rings (SSSR count). The number of hydrogen-bond donors (Lipinski definition) is 4. The number of hydrazine groups is 1. The van der Waals surface area contributed by atoms with Crippen molar-refractivity contribution in [2.45, 2.75) is 25.8 Å². The molecule has 9 nitrogen and oxygen atoms in total. The topological polar surface area (TPSA) is 88.2 Å². The Morgan fingerprint density at radius 2 is 1.88 bits per heavy atom. The van der Waals surface area contributed by atoms with Crippen molar-refractivity contribution >= 4 is 22.9 Å². The third kappa shape index (κ3) is 6.26. The first kappa shape index (κ1) is 23.6. The predicted octanol–water partition coefficient (Wildman–Crippen LogP) is 2.66. The highest BCUT2D eigenvalue weighted by molar-refractivity contribution is 5.68. The molecule has 33 heavy (non-hydrogen) atoms. The molecule has 3 heterocycles. The number of nitrogens with zero attached hydrogens (tertiary/aromatic N) is 4. The van der Waals surface area contributed by atoms with Gasteiger partial charge in [0.25, 0.3) is 0 Å². The van der Waals surface area contributed by atoms with E-state index in [4.69, 9.17) is 4.74 Å². The summed E-state index contributed by atoms with van der Waals surface area (Å²) in [5, 5.41) is 19.5. The Kier molecular flexibility index (Phi) is 8.22. The molecule has 2 saturated heterocycles. The van der Waals surface area contributed by atoms with Gasteiger partial charge in [-0.3, -0.25) is 0 Å². The Labute approximate surface area is 196 Å². The van der Waals surface area contributed by atoms with Gasteiger partial charge in [-0.2, -0.15) is 0 Å². The summed E-state index contributed by atoms with van der Waals surface area (Å²) < 4.78 is 5.53. The van der Waals surface area contributed by atoms with Gasteiger partial charge in [0.05, 0.1) is 24.2 Å². The summed E-state index contributed by atoms with van der Waals surface area (Å²) in [6, 6.07) is 10.5. The summed E-state index contributed by atoms with van der Waals surface area (Å²) in [5.41, 5.74) is 6.29. The summed E-state index contributed by atoms with van der Waals surface area (Å²) in [6.45, 7) is 9.62. The lowest BCUT2D eigenvalue weighted by atomic mass is 10.1. The largest absolute Gasteiger partial charge is 0.504 e. The van der Waals surface area contributed by atoms with E-state index in [0.29, 0.717) is 18.5 Å². The molecule has 0 saturated carbocycles. The van der Waals surface area contributed by atoms with Gasteiger partial charge in [0.2, 0.25) is 0 Å². The number of benzene rings is 1. The van der Waals surface area contributed by atoms with Gasteiger partial charge in [0, 0.05) is 57.2 Å². The molecule has 2 aromatic rings. The zero-order valence-corrected chi connectivity index (χ0v) is 19.8. The minimum absolute atomic E-state index is 0.184. The van der Waals surface area contributed by atoms with Gasteiger partial charge in [-0.15, -0.1) is 0 Å². The van der Waals surface area contributed by atoms with Crippen LogP contribution in [0.15, 0.2) is 36.5 Å². The fraction of sp³-hybridized carbons (Fsp3) is 0.542. The van der Waals surface area contributed by atoms with Crippen LogP contribution in [0.4, 0.5) is 22.9 Å².